The molecule has 0 spiro atoms. The quantitative estimate of drug-likeness (QED) is 0.915. The second-order valence-electron chi connectivity index (χ2n) is 7.74. The van der Waals surface area contributed by atoms with E-state index in [9.17, 15) is 4.79 Å². The topological polar surface area (TPSA) is 61.5 Å². The number of aromatic amines is 1. The third-order valence-corrected chi connectivity index (χ3v) is 5.58. The van der Waals surface area contributed by atoms with E-state index < -0.39 is 0 Å². The van der Waals surface area contributed by atoms with Gasteiger partial charge in [0.15, 0.2) is 0 Å². The monoisotopic (exact) mass is 356 g/mol. The normalized spacial score (nSPS) is 19.6. The van der Waals surface area contributed by atoms with Crippen molar-refractivity contribution in [3.05, 3.63) is 24.0 Å². The number of ether oxygens (including phenoxy) is 1. The first-order chi connectivity index (χ1) is 12.6. The second kappa shape index (κ2) is 7.27. The highest BCUT2D eigenvalue weighted by atomic mass is 16.5. The van der Waals surface area contributed by atoms with Gasteiger partial charge < -0.3 is 19.5 Å². The first-order valence-electron chi connectivity index (χ1n) is 9.79. The van der Waals surface area contributed by atoms with Crippen LogP contribution < -0.4 is 4.74 Å². The zero-order chi connectivity index (χ0) is 18.1. The van der Waals surface area contributed by atoms with E-state index in [0.29, 0.717) is 11.7 Å². The summed E-state index contributed by atoms with van der Waals surface area (Å²) in [6, 6.07) is 4.49. The maximum absolute atomic E-state index is 12.5. The highest BCUT2D eigenvalue weighted by Gasteiger charge is 2.23. The molecule has 140 valence electrons. The fraction of sp³-hybridized carbons (Fsp3) is 0.600. The van der Waals surface area contributed by atoms with Crippen molar-refractivity contribution in [1.29, 1.82) is 0 Å². The third kappa shape index (κ3) is 3.56. The second-order valence-corrected chi connectivity index (χ2v) is 7.74. The van der Waals surface area contributed by atoms with Gasteiger partial charge in [-0.25, -0.2) is 4.98 Å². The van der Waals surface area contributed by atoms with E-state index in [0.717, 1.165) is 68.6 Å². The Morgan fingerprint density at radius 3 is 2.62 bits per heavy atom. The van der Waals surface area contributed by atoms with E-state index in [-0.39, 0.29) is 12.0 Å². The fourth-order valence-electron chi connectivity index (χ4n) is 3.97. The Morgan fingerprint density at radius 1 is 1.19 bits per heavy atom. The molecule has 6 nitrogen and oxygen atoms in total. The minimum atomic E-state index is 0.0732. The van der Waals surface area contributed by atoms with Crippen LogP contribution in [0.4, 0.5) is 0 Å². The zero-order valence-electron chi connectivity index (χ0n) is 15.7. The number of pyridine rings is 1. The summed E-state index contributed by atoms with van der Waals surface area (Å²) in [5, 5.41) is 0.935. The van der Waals surface area contributed by atoms with Crippen LogP contribution in [-0.4, -0.2) is 64.0 Å². The summed E-state index contributed by atoms with van der Waals surface area (Å²) < 4.78 is 6.16. The molecule has 2 saturated heterocycles. The fourth-order valence-corrected chi connectivity index (χ4v) is 3.97. The van der Waals surface area contributed by atoms with Gasteiger partial charge in [0.2, 0.25) is 0 Å². The summed E-state index contributed by atoms with van der Waals surface area (Å²) in [5.41, 5.74) is 1.37. The van der Waals surface area contributed by atoms with E-state index in [1.807, 2.05) is 17.0 Å². The SMILES string of the molecule is CC(C)N1CCC(Oc2cnc3[nH]c(C(=O)N4CCCC4)cc3c2)CC1. The molecule has 2 aliphatic rings. The highest BCUT2D eigenvalue weighted by molar-refractivity contribution is 5.97. The molecule has 2 aromatic heterocycles. The number of nitrogens with zero attached hydrogens (tertiary/aromatic N) is 3. The number of hydrogen-bond donors (Lipinski definition) is 1. The van der Waals surface area contributed by atoms with Crippen LogP contribution in [-0.2, 0) is 0 Å². The highest BCUT2D eigenvalue weighted by Crippen LogP contribution is 2.24. The predicted molar refractivity (Wildman–Crippen MR) is 102 cm³/mol. The van der Waals surface area contributed by atoms with Gasteiger partial charge in [-0.05, 0) is 51.7 Å². The molecule has 2 aromatic rings. The molecule has 26 heavy (non-hydrogen) atoms. The molecule has 6 heteroatoms. The number of H-pyrrole nitrogens is 1. The van der Waals surface area contributed by atoms with Gasteiger partial charge in [-0.3, -0.25) is 4.79 Å². The number of hydrogen-bond acceptors (Lipinski definition) is 4. The minimum Gasteiger partial charge on any atom is -0.489 e. The molecule has 4 rings (SSSR count). The van der Waals surface area contributed by atoms with Crippen molar-refractivity contribution in [2.75, 3.05) is 26.2 Å². The number of carbonyl (C=O) groups is 1. The third-order valence-electron chi connectivity index (χ3n) is 5.58. The summed E-state index contributed by atoms with van der Waals surface area (Å²) in [5.74, 6) is 0.865. The molecule has 4 heterocycles. The molecule has 1 amide bonds. The molecule has 0 atom stereocenters. The molecule has 2 fully saturated rings. The molecule has 2 aliphatic heterocycles. The van der Waals surface area contributed by atoms with Crippen LogP contribution in [0.25, 0.3) is 11.0 Å². The lowest BCUT2D eigenvalue weighted by Gasteiger charge is -2.34. The van der Waals surface area contributed by atoms with Gasteiger partial charge in [0.1, 0.15) is 23.2 Å². The number of amides is 1. The summed E-state index contributed by atoms with van der Waals surface area (Å²) in [7, 11) is 0. The lowest BCUT2D eigenvalue weighted by Crippen LogP contribution is -2.41. The van der Waals surface area contributed by atoms with E-state index in [2.05, 4.69) is 28.7 Å². The number of piperidine rings is 1. The van der Waals surface area contributed by atoms with Gasteiger partial charge in [0.05, 0.1) is 6.20 Å². The Hall–Kier alpha value is -2.08. The Morgan fingerprint density at radius 2 is 1.92 bits per heavy atom. The summed E-state index contributed by atoms with van der Waals surface area (Å²) >= 11 is 0. The Kier molecular flexibility index (Phi) is 4.85. The van der Waals surface area contributed by atoms with Crippen molar-refractivity contribution in [1.82, 2.24) is 19.8 Å². The van der Waals surface area contributed by atoms with Crippen molar-refractivity contribution >= 4 is 16.9 Å². The largest absolute Gasteiger partial charge is 0.489 e. The summed E-state index contributed by atoms with van der Waals surface area (Å²) in [4.78, 5) is 24.5. The zero-order valence-corrected chi connectivity index (χ0v) is 15.7. The van der Waals surface area contributed by atoms with Crippen molar-refractivity contribution in [2.45, 2.75) is 51.7 Å². The first kappa shape index (κ1) is 17.3. The smallest absolute Gasteiger partial charge is 0.270 e. The lowest BCUT2D eigenvalue weighted by atomic mass is 10.1. The maximum atomic E-state index is 12.5. The van der Waals surface area contributed by atoms with E-state index >= 15 is 0 Å². The Balaban J connectivity index is 1.43. The van der Waals surface area contributed by atoms with Crippen molar-refractivity contribution in [3.63, 3.8) is 0 Å². The molecule has 1 N–H and O–H groups in total. The van der Waals surface area contributed by atoms with Crippen LogP contribution in [0.5, 0.6) is 5.75 Å². The van der Waals surface area contributed by atoms with Crippen LogP contribution >= 0.6 is 0 Å². The van der Waals surface area contributed by atoms with Gasteiger partial charge in [0.25, 0.3) is 5.91 Å². The van der Waals surface area contributed by atoms with Gasteiger partial charge in [-0.1, -0.05) is 0 Å². The number of likely N-dealkylation sites (tertiary alicyclic amines) is 2. The number of fused-ring (bicyclic) bond motifs is 1. The molecule has 0 aromatic carbocycles. The average Bonchev–Trinajstić information content (AvgIpc) is 3.31. The van der Waals surface area contributed by atoms with E-state index in [1.54, 1.807) is 6.20 Å². The molecular weight excluding hydrogens is 328 g/mol. The van der Waals surface area contributed by atoms with Crippen molar-refractivity contribution in [2.24, 2.45) is 0 Å². The van der Waals surface area contributed by atoms with Crippen LogP contribution in [0, 0.1) is 0 Å². The van der Waals surface area contributed by atoms with Crippen LogP contribution in [0.3, 0.4) is 0 Å². The number of aromatic nitrogens is 2. The lowest BCUT2D eigenvalue weighted by molar-refractivity contribution is 0.0787. The molecule has 0 aliphatic carbocycles. The number of rotatable bonds is 4. The van der Waals surface area contributed by atoms with Crippen LogP contribution in [0.2, 0.25) is 0 Å². The van der Waals surface area contributed by atoms with Gasteiger partial charge in [-0.2, -0.15) is 0 Å². The first-order valence-corrected chi connectivity index (χ1v) is 9.79. The summed E-state index contributed by atoms with van der Waals surface area (Å²) in [6.07, 6.45) is 6.28. The van der Waals surface area contributed by atoms with Crippen molar-refractivity contribution in [3.8, 4) is 5.75 Å². The van der Waals surface area contributed by atoms with Crippen molar-refractivity contribution < 1.29 is 9.53 Å². The van der Waals surface area contributed by atoms with E-state index in [1.165, 1.54) is 0 Å². The van der Waals surface area contributed by atoms with Crippen LogP contribution in [0.1, 0.15) is 50.0 Å². The summed E-state index contributed by atoms with van der Waals surface area (Å²) in [6.45, 7) is 8.35. The van der Waals surface area contributed by atoms with Crippen LogP contribution in [0.15, 0.2) is 18.3 Å². The number of carbonyl (C=O) groups excluding carboxylic acids is 1. The van der Waals surface area contributed by atoms with E-state index in [4.69, 9.17) is 4.74 Å². The Labute approximate surface area is 154 Å². The minimum absolute atomic E-state index is 0.0732. The molecule has 0 unspecified atom stereocenters. The number of nitrogens with one attached hydrogen (secondary N) is 1. The molecular formula is C20H28N4O2. The predicted octanol–water partition coefficient (Wildman–Crippen LogP) is 3.05. The average molecular weight is 356 g/mol. The van der Waals surface area contributed by atoms with Gasteiger partial charge in [0, 0.05) is 37.6 Å². The standard InChI is InChI=1S/C20H28N4O2/c1-14(2)23-9-5-16(6-10-23)26-17-11-15-12-18(22-19(15)21-13-17)20(25)24-7-3-4-8-24/h11-14,16H,3-10H2,1-2H3,(H,21,22). The molecule has 0 radical (unpaired) electrons. The Bertz CT molecular complexity index is 771. The van der Waals surface area contributed by atoms with Gasteiger partial charge in [-0.15, -0.1) is 0 Å². The molecule has 0 bridgehead atoms. The maximum Gasteiger partial charge on any atom is 0.270 e. The van der Waals surface area contributed by atoms with Gasteiger partial charge >= 0.3 is 0 Å². The molecule has 0 saturated carbocycles.